The zero-order chi connectivity index (χ0) is 7.11. The van der Waals surface area contributed by atoms with Crippen molar-refractivity contribution in [3.8, 4) is 0 Å². The second kappa shape index (κ2) is 6.05. The van der Waals surface area contributed by atoms with Crippen molar-refractivity contribution in [3.05, 3.63) is 0 Å². The number of unbranched alkanes of at least 4 members (excludes halogenated alkanes) is 1. The van der Waals surface area contributed by atoms with Crippen molar-refractivity contribution in [3.63, 3.8) is 0 Å². The Morgan fingerprint density at radius 2 is 2.00 bits per heavy atom. The number of aliphatic hydroxyl groups is 2. The average molecular weight is 132 g/mol. The van der Waals surface area contributed by atoms with E-state index in [0.717, 1.165) is 19.3 Å². The first-order chi connectivity index (χ1) is 4.31. The van der Waals surface area contributed by atoms with Crippen LogP contribution in [0.15, 0.2) is 0 Å². The standard InChI is InChI=1S/C7H16O2/c1-2-3-4-7(9)5-6-8/h7-9H,2-6H2,1H3/t7-/m0/s1. The van der Waals surface area contributed by atoms with Gasteiger partial charge in [-0.05, 0) is 12.8 Å². The molecule has 0 aromatic heterocycles. The third-order valence-electron chi connectivity index (χ3n) is 1.35. The van der Waals surface area contributed by atoms with Gasteiger partial charge in [0.25, 0.3) is 0 Å². The molecule has 2 nitrogen and oxygen atoms in total. The van der Waals surface area contributed by atoms with Gasteiger partial charge in [-0.25, -0.2) is 0 Å². The highest BCUT2D eigenvalue weighted by Crippen LogP contribution is 2.02. The van der Waals surface area contributed by atoms with E-state index in [1.807, 2.05) is 0 Å². The van der Waals surface area contributed by atoms with E-state index >= 15 is 0 Å². The second-order valence-electron chi connectivity index (χ2n) is 2.31. The van der Waals surface area contributed by atoms with Gasteiger partial charge in [0.05, 0.1) is 6.10 Å². The smallest absolute Gasteiger partial charge is 0.0562 e. The highest BCUT2D eigenvalue weighted by atomic mass is 16.3. The molecule has 2 heteroatoms. The summed E-state index contributed by atoms with van der Waals surface area (Å²) in [6.45, 7) is 2.19. The zero-order valence-electron chi connectivity index (χ0n) is 6.01. The molecule has 2 N–H and O–H groups in total. The molecule has 56 valence electrons. The van der Waals surface area contributed by atoms with E-state index in [0.29, 0.717) is 6.42 Å². The summed E-state index contributed by atoms with van der Waals surface area (Å²) in [5, 5.41) is 17.4. The summed E-state index contributed by atoms with van der Waals surface area (Å²) < 4.78 is 0. The molecular weight excluding hydrogens is 116 g/mol. The largest absolute Gasteiger partial charge is 0.396 e. The molecule has 0 aromatic rings. The Bertz CT molecular complexity index is 54.9. The van der Waals surface area contributed by atoms with Crippen LogP contribution in [0, 0.1) is 0 Å². The van der Waals surface area contributed by atoms with Crippen molar-refractivity contribution in [2.45, 2.75) is 38.7 Å². The Balaban J connectivity index is 2.95. The van der Waals surface area contributed by atoms with E-state index in [2.05, 4.69) is 6.92 Å². The van der Waals surface area contributed by atoms with Crippen LogP contribution in [0.5, 0.6) is 0 Å². The molecule has 0 unspecified atom stereocenters. The van der Waals surface area contributed by atoms with E-state index in [1.165, 1.54) is 0 Å². The third kappa shape index (κ3) is 5.80. The lowest BCUT2D eigenvalue weighted by molar-refractivity contribution is 0.123. The van der Waals surface area contributed by atoms with Crippen LogP contribution in [0.3, 0.4) is 0 Å². The van der Waals surface area contributed by atoms with Gasteiger partial charge < -0.3 is 10.2 Å². The summed E-state index contributed by atoms with van der Waals surface area (Å²) >= 11 is 0. The van der Waals surface area contributed by atoms with Gasteiger partial charge in [-0.15, -0.1) is 0 Å². The van der Waals surface area contributed by atoms with Crippen LogP contribution in [0.25, 0.3) is 0 Å². The van der Waals surface area contributed by atoms with E-state index in [1.54, 1.807) is 0 Å². The van der Waals surface area contributed by atoms with Crippen molar-refractivity contribution in [2.75, 3.05) is 6.61 Å². The Labute approximate surface area is 56.5 Å². The van der Waals surface area contributed by atoms with Gasteiger partial charge in [0.15, 0.2) is 0 Å². The van der Waals surface area contributed by atoms with Crippen molar-refractivity contribution in [1.82, 2.24) is 0 Å². The van der Waals surface area contributed by atoms with Gasteiger partial charge in [0.2, 0.25) is 0 Å². The van der Waals surface area contributed by atoms with Gasteiger partial charge in [-0.2, -0.15) is 0 Å². The minimum absolute atomic E-state index is 0.102. The first kappa shape index (κ1) is 8.92. The lowest BCUT2D eigenvalue weighted by atomic mass is 10.1. The first-order valence-electron chi connectivity index (χ1n) is 3.60. The van der Waals surface area contributed by atoms with Gasteiger partial charge in [0, 0.05) is 6.61 Å². The number of aliphatic hydroxyl groups excluding tert-OH is 2. The van der Waals surface area contributed by atoms with E-state index in [4.69, 9.17) is 10.2 Å². The molecule has 0 spiro atoms. The maximum Gasteiger partial charge on any atom is 0.0562 e. The van der Waals surface area contributed by atoms with Gasteiger partial charge in [0.1, 0.15) is 0 Å². The van der Waals surface area contributed by atoms with Gasteiger partial charge >= 0.3 is 0 Å². The molecule has 0 amide bonds. The number of hydrogen-bond donors (Lipinski definition) is 2. The molecule has 0 saturated heterocycles. The molecule has 9 heavy (non-hydrogen) atoms. The Kier molecular flexibility index (Phi) is 5.99. The fourth-order valence-electron chi connectivity index (χ4n) is 0.733. The van der Waals surface area contributed by atoms with Crippen molar-refractivity contribution in [1.29, 1.82) is 0 Å². The van der Waals surface area contributed by atoms with Crippen molar-refractivity contribution in [2.24, 2.45) is 0 Å². The summed E-state index contributed by atoms with van der Waals surface area (Å²) in [7, 11) is 0. The molecule has 0 aromatic carbocycles. The van der Waals surface area contributed by atoms with Crippen LogP contribution >= 0.6 is 0 Å². The van der Waals surface area contributed by atoms with Crippen LogP contribution in [0.1, 0.15) is 32.6 Å². The van der Waals surface area contributed by atoms with Gasteiger partial charge in [-0.3, -0.25) is 0 Å². The molecule has 1 atom stereocenters. The molecule has 0 aliphatic carbocycles. The summed E-state index contributed by atoms with van der Waals surface area (Å²) in [6, 6.07) is 0. The molecule has 0 bridgehead atoms. The zero-order valence-corrected chi connectivity index (χ0v) is 6.01. The van der Waals surface area contributed by atoms with Crippen LogP contribution < -0.4 is 0 Å². The molecule has 0 fully saturated rings. The summed E-state index contributed by atoms with van der Waals surface area (Å²) in [6.07, 6.45) is 3.25. The normalized spacial score (nSPS) is 13.7. The summed E-state index contributed by atoms with van der Waals surface area (Å²) in [4.78, 5) is 0. The van der Waals surface area contributed by atoms with E-state index in [9.17, 15) is 0 Å². The Morgan fingerprint density at radius 1 is 1.33 bits per heavy atom. The molecule has 0 saturated carbocycles. The van der Waals surface area contributed by atoms with Crippen LogP contribution in [-0.4, -0.2) is 22.9 Å². The molecule has 0 aliphatic heterocycles. The van der Waals surface area contributed by atoms with E-state index in [-0.39, 0.29) is 12.7 Å². The average Bonchev–Trinajstić information content (AvgIpc) is 1.85. The topological polar surface area (TPSA) is 40.5 Å². The SMILES string of the molecule is CCCC[C@H](O)CCO. The highest BCUT2D eigenvalue weighted by molar-refractivity contribution is 4.53. The lowest BCUT2D eigenvalue weighted by Crippen LogP contribution is -2.07. The lowest BCUT2D eigenvalue weighted by Gasteiger charge is -2.05. The maximum atomic E-state index is 9.02. The quantitative estimate of drug-likeness (QED) is 0.584. The first-order valence-corrected chi connectivity index (χ1v) is 3.60. The fraction of sp³-hybridized carbons (Fsp3) is 1.00. The minimum atomic E-state index is -0.282. The van der Waals surface area contributed by atoms with Crippen LogP contribution in [0.2, 0.25) is 0 Å². The predicted octanol–water partition coefficient (Wildman–Crippen LogP) is 0.920. The third-order valence-corrected chi connectivity index (χ3v) is 1.35. The number of hydrogen-bond acceptors (Lipinski definition) is 2. The molecular formula is C7H16O2. The van der Waals surface area contributed by atoms with E-state index < -0.39 is 0 Å². The predicted molar refractivity (Wildman–Crippen MR) is 37.2 cm³/mol. The fourth-order valence-corrected chi connectivity index (χ4v) is 0.733. The number of rotatable bonds is 5. The summed E-state index contributed by atoms with van der Waals surface area (Å²) in [5.41, 5.74) is 0. The monoisotopic (exact) mass is 132 g/mol. The minimum Gasteiger partial charge on any atom is -0.396 e. The summed E-state index contributed by atoms with van der Waals surface area (Å²) in [5.74, 6) is 0. The van der Waals surface area contributed by atoms with Crippen LogP contribution in [0.4, 0.5) is 0 Å². The molecule has 0 aliphatic rings. The molecule has 0 rings (SSSR count). The van der Waals surface area contributed by atoms with Crippen molar-refractivity contribution >= 4 is 0 Å². The molecule has 0 heterocycles. The molecule has 0 radical (unpaired) electrons. The highest BCUT2D eigenvalue weighted by Gasteiger charge is 1.99. The van der Waals surface area contributed by atoms with Crippen LogP contribution in [-0.2, 0) is 0 Å². The maximum absolute atomic E-state index is 9.02. The Hall–Kier alpha value is -0.0800. The second-order valence-corrected chi connectivity index (χ2v) is 2.31. The van der Waals surface area contributed by atoms with Gasteiger partial charge in [-0.1, -0.05) is 19.8 Å². The Morgan fingerprint density at radius 3 is 2.44 bits per heavy atom. The van der Waals surface area contributed by atoms with Crippen molar-refractivity contribution < 1.29 is 10.2 Å².